The number of carbonyl (C=O) groups excluding carboxylic acids is 7. The van der Waals surface area contributed by atoms with Gasteiger partial charge in [0, 0.05) is 62.2 Å². The Morgan fingerprint density at radius 3 is 2.04 bits per heavy atom. The zero-order valence-electron chi connectivity index (χ0n) is 49.1. The van der Waals surface area contributed by atoms with Crippen LogP contribution in [0.5, 0.6) is 0 Å². The van der Waals surface area contributed by atoms with Crippen LogP contribution in [0.1, 0.15) is 126 Å². The molecular weight excluding hydrogens is 1050 g/mol. The molecule has 0 bridgehead atoms. The summed E-state index contributed by atoms with van der Waals surface area (Å²) >= 11 is 0. The maximum Gasteiger partial charge on any atom is 0.407 e. The smallest absolute Gasteiger partial charge is 0.407 e. The number of nitrogens with one attached hydrogen (secondary N) is 4. The van der Waals surface area contributed by atoms with Crippen molar-refractivity contribution in [3.05, 3.63) is 83.7 Å². The third-order valence-corrected chi connectivity index (χ3v) is 12.7. The number of amides is 6. The Bertz CT molecular complexity index is 2540. The van der Waals surface area contributed by atoms with Crippen LogP contribution < -0.4 is 21.3 Å². The third-order valence-electron chi connectivity index (χ3n) is 12.7. The monoisotopic (exact) mass is 1140 g/mol. The van der Waals surface area contributed by atoms with Gasteiger partial charge in [-0.15, -0.1) is 0 Å². The Labute approximate surface area is 475 Å². The molecule has 4 atom stereocenters. The van der Waals surface area contributed by atoms with Crippen LogP contribution in [0.3, 0.4) is 0 Å². The molecular formula is C59H87F2N7O13. The molecule has 3 aromatic rings. The predicted octanol–water partition coefficient (Wildman–Crippen LogP) is 6.21. The average molecular weight is 1140 g/mol. The van der Waals surface area contributed by atoms with Gasteiger partial charge in [-0.25, -0.2) is 13.6 Å². The minimum Gasteiger partial charge on any atom is -0.460 e. The van der Waals surface area contributed by atoms with Crippen LogP contribution in [0.25, 0.3) is 11.1 Å². The zero-order chi connectivity index (χ0) is 60.1. The van der Waals surface area contributed by atoms with Gasteiger partial charge in [0.15, 0.2) is 0 Å². The Kier molecular flexibility index (Phi) is 26.2. The van der Waals surface area contributed by atoms with Gasteiger partial charge in [0.05, 0.1) is 52.1 Å². The molecule has 450 valence electrons. The summed E-state index contributed by atoms with van der Waals surface area (Å²) < 4.78 is 58.8. The second-order valence-corrected chi connectivity index (χ2v) is 23.4. The Balaban J connectivity index is 1.37. The van der Waals surface area contributed by atoms with Crippen molar-refractivity contribution in [2.45, 2.75) is 150 Å². The number of rotatable bonds is 30. The number of esters is 1. The first kappa shape index (κ1) is 67.0. The molecule has 1 aliphatic heterocycles. The van der Waals surface area contributed by atoms with E-state index < -0.39 is 113 Å². The summed E-state index contributed by atoms with van der Waals surface area (Å²) in [7, 11) is 0. The molecule has 4 rings (SSSR count). The highest BCUT2D eigenvalue weighted by Gasteiger charge is 2.41. The van der Waals surface area contributed by atoms with Crippen molar-refractivity contribution in [3.63, 3.8) is 0 Å². The van der Waals surface area contributed by atoms with E-state index in [1.54, 1.807) is 67.7 Å². The molecule has 0 unspecified atom stereocenters. The molecule has 2 aromatic carbocycles. The molecule has 6 amide bonds. The number of aliphatic hydroxyl groups excluding tert-OH is 1. The minimum absolute atomic E-state index is 0.0213. The van der Waals surface area contributed by atoms with Crippen LogP contribution in [-0.2, 0) is 59.0 Å². The van der Waals surface area contributed by atoms with Crippen molar-refractivity contribution < 1.29 is 71.1 Å². The molecule has 81 heavy (non-hydrogen) atoms. The summed E-state index contributed by atoms with van der Waals surface area (Å²) in [6, 6.07) is 10.3. The van der Waals surface area contributed by atoms with Gasteiger partial charge in [-0.05, 0) is 102 Å². The van der Waals surface area contributed by atoms with E-state index in [0.29, 0.717) is 24.2 Å². The number of hydrogen-bond acceptors (Lipinski definition) is 13. The lowest BCUT2D eigenvalue weighted by Crippen LogP contribution is -2.57. The number of likely N-dealkylation sites (tertiary alicyclic amines) is 1. The Morgan fingerprint density at radius 2 is 1.42 bits per heavy atom. The molecule has 0 radical (unpaired) electrons. The molecule has 22 heteroatoms. The molecule has 0 saturated carbocycles. The second-order valence-electron chi connectivity index (χ2n) is 23.4. The van der Waals surface area contributed by atoms with E-state index in [-0.39, 0.29) is 90.6 Å². The summed E-state index contributed by atoms with van der Waals surface area (Å²) in [5, 5.41) is 21.3. The highest BCUT2D eigenvalue weighted by molar-refractivity contribution is 5.96. The van der Waals surface area contributed by atoms with Crippen molar-refractivity contribution in [2.75, 3.05) is 72.4 Å². The summed E-state index contributed by atoms with van der Waals surface area (Å²) in [5.74, 6) is -5.34. The summed E-state index contributed by atoms with van der Waals surface area (Å²) in [5.41, 5.74) is -0.177. The van der Waals surface area contributed by atoms with Crippen molar-refractivity contribution in [2.24, 2.45) is 11.3 Å². The van der Waals surface area contributed by atoms with Crippen LogP contribution in [0, 0.1) is 23.0 Å². The number of hydrogen-bond donors (Lipinski definition) is 5. The van der Waals surface area contributed by atoms with Crippen molar-refractivity contribution in [1.29, 1.82) is 0 Å². The summed E-state index contributed by atoms with van der Waals surface area (Å²) in [4.78, 5) is 96.9. The van der Waals surface area contributed by atoms with Gasteiger partial charge in [-0.3, -0.25) is 28.8 Å². The first-order valence-corrected chi connectivity index (χ1v) is 27.8. The van der Waals surface area contributed by atoms with Crippen molar-refractivity contribution >= 4 is 41.6 Å². The van der Waals surface area contributed by atoms with Gasteiger partial charge in [0.2, 0.25) is 29.5 Å². The fraction of sp³-hybridized carbons (Fsp3) is 0.610. The number of halogens is 2. The highest BCUT2D eigenvalue weighted by atomic mass is 19.1. The average Bonchev–Trinajstić information content (AvgIpc) is 4.15. The van der Waals surface area contributed by atoms with Gasteiger partial charge < -0.3 is 64.4 Å². The molecule has 1 fully saturated rings. The van der Waals surface area contributed by atoms with Gasteiger partial charge in [-0.2, -0.15) is 0 Å². The Morgan fingerprint density at radius 1 is 0.778 bits per heavy atom. The maximum absolute atomic E-state index is 15.3. The van der Waals surface area contributed by atoms with E-state index in [9.17, 15) is 43.1 Å². The number of aromatic nitrogens is 1. The van der Waals surface area contributed by atoms with Crippen LogP contribution in [0.4, 0.5) is 13.6 Å². The lowest BCUT2D eigenvalue weighted by Gasteiger charge is -2.41. The van der Waals surface area contributed by atoms with Crippen LogP contribution in [-0.4, -0.2) is 163 Å². The van der Waals surface area contributed by atoms with Crippen LogP contribution >= 0.6 is 0 Å². The zero-order valence-corrected chi connectivity index (χ0v) is 49.1. The molecule has 1 aliphatic rings. The van der Waals surface area contributed by atoms with Crippen molar-refractivity contribution in [1.82, 2.24) is 35.6 Å². The molecule has 2 heterocycles. The van der Waals surface area contributed by atoms with E-state index in [2.05, 4.69) is 21.3 Å². The maximum atomic E-state index is 15.3. The Hall–Kier alpha value is -6.49. The number of benzene rings is 2. The number of nitrogens with zero attached hydrogens (tertiary/aromatic N) is 3. The van der Waals surface area contributed by atoms with E-state index in [1.807, 2.05) is 55.7 Å². The predicted molar refractivity (Wildman–Crippen MR) is 299 cm³/mol. The number of aliphatic hydroxyl groups is 1. The fourth-order valence-corrected chi connectivity index (χ4v) is 9.22. The second kappa shape index (κ2) is 31.6. The SMILES string of the molecule is CC(C)[C@H](NC(=O)[C@@H]1CCCN1C(=O)[C@H](CC(=O)OC(C)(C)C)NC(=O)CCOCCOCCOCCNC(=O)OC(C)(C)C)C(=O)NCCCN(C(=O)CO)[C@@H](c1cc(-c2cc(F)ccc2F)cn1Cc1ccccc1)C(C)(C)C. The number of alkyl carbamates (subject to hydrolysis) is 1. The molecule has 5 N–H and O–H groups in total. The quantitative estimate of drug-likeness (QED) is 0.0369. The first-order chi connectivity index (χ1) is 38.1. The van der Waals surface area contributed by atoms with E-state index in [1.165, 1.54) is 9.80 Å². The van der Waals surface area contributed by atoms with E-state index in [0.717, 1.165) is 23.8 Å². The van der Waals surface area contributed by atoms with Gasteiger partial charge in [0.1, 0.15) is 47.6 Å². The minimum atomic E-state index is -1.38. The molecule has 0 aliphatic carbocycles. The summed E-state index contributed by atoms with van der Waals surface area (Å²) in [6.45, 7) is 20.9. The van der Waals surface area contributed by atoms with Crippen LogP contribution in [0.2, 0.25) is 0 Å². The molecule has 20 nitrogen and oxygen atoms in total. The van der Waals surface area contributed by atoms with Gasteiger partial charge >= 0.3 is 12.1 Å². The van der Waals surface area contributed by atoms with E-state index >= 15 is 4.39 Å². The summed E-state index contributed by atoms with van der Waals surface area (Å²) in [6.07, 6.45) is 1.43. The molecule has 1 saturated heterocycles. The van der Waals surface area contributed by atoms with Crippen molar-refractivity contribution in [3.8, 4) is 11.1 Å². The first-order valence-electron chi connectivity index (χ1n) is 27.8. The number of ether oxygens (including phenoxy) is 5. The standard InChI is InChI=1S/C59H87F2N7O13/c1-39(2)51(54(74)62-23-16-26-68(49(71)38-69)52(57(3,4)5)47-33-41(43-34-42(60)20-21-44(43)61)37-66(47)36-40-17-13-12-14-18-40)65-53(73)46-19-15-25-67(46)55(75)45(35-50(72)80-58(6,7)8)64-48(70)22-27-77-29-31-79-32-30-78-28-24-63-56(76)81-59(9,10)11/h12-14,17-18,20-21,33-34,37,39,45-46,51-52,69H,15-16,19,22-32,35-36,38H2,1-11H3,(H,62,74)(H,63,76)(H,64,70)(H,65,73)/t45-,46-,51-,52-/m0/s1. The van der Waals surface area contributed by atoms with Crippen LogP contribution in [0.15, 0.2) is 60.8 Å². The highest BCUT2D eigenvalue weighted by Crippen LogP contribution is 2.41. The van der Waals surface area contributed by atoms with Gasteiger partial charge in [-0.1, -0.05) is 65.0 Å². The molecule has 1 aromatic heterocycles. The lowest BCUT2D eigenvalue weighted by molar-refractivity contribution is -0.157. The largest absolute Gasteiger partial charge is 0.460 e. The number of carbonyl (C=O) groups is 7. The molecule has 0 spiro atoms. The lowest BCUT2D eigenvalue weighted by atomic mass is 9.83. The van der Waals surface area contributed by atoms with Gasteiger partial charge in [0.25, 0.3) is 0 Å². The normalized spacial score (nSPS) is 14.9. The topological polar surface area (TPSA) is 245 Å². The van der Waals surface area contributed by atoms with E-state index in [4.69, 9.17) is 23.7 Å². The fourth-order valence-electron chi connectivity index (χ4n) is 9.22. The third kappa shape index (κ3) is 22.8.